The number of hydrogen-bond donors (Lipinski definition) is 7. The lowest BCUT2D eigenvalue weighted by Gasteiger charge is -2.38. The fourth-order valence-electron chi connectivity index (χ4n) is 5.61. The number of carbonyl (C=O) groups is 5. The molecular formula is C32H39ClN6O7. The molecule has 0 aliphatic carbocycles. The van der Waals surface area contributed by atoms with Crippen LogP contribution in [0, 0.1) is 0 Å². The predicted molar refractivity (Wildman–Crippen MR) is 171 cm³/mol. The van der Waals surface area contributed by atoms with E-state index in [1.165, 1.54) is 24.0 Å². The van der Waals surface area contributed by atoms with Crippen molar-refractivity contribution in [3.63, 3.8) is 0 Å². The Morgan fingerprint density at radius 3 is 2.39 bits per heavy atom. The first kappa shape index (κ1) is 34.3. The van der Waals surface area contributed by atoms with Gasteiger partial charge in [-0.3, -0.25) is 24.0 Å². The molecule has 1 aliphatic rings. The van der Waals surface area contributed by atoms with Gasteiger partial charge in [0.05, 0.1) is 6.10 Å². The van der Waals surface area contributed by atoms with Crippen molar-refractivity contribution in [1.29, 1.82) is 0 Å². The standard InChI is InChI=1S/C32H39ClN6O7/c1-18(40)28(38-27(42)16-33)32(46)39-13-5-4-8-26(39)31(45)37-25(15-20-17-35-23-7-3-2-6-22(20)23)30(44)36-24(29(34)43)14-19-9-11-21(41)12-10-19/h2-3,6-7,9-12,17-18,24-26,28,35,40-41H,4-5,8,13-16H2,1H3,(H2,34,43)(H,36,44)(H,37,45)(H,38,42)/t18-,24-,25-,26-,28-/m0/s1. The third-order valence-electron chi connectivity index (χ3n) is 8.04. The Labute approximate surface area is 270 Å². The summed E-state index contributed by atoms with van der Waals surface area (Å²) < 4.78 is 0. The number of primary amides is 1. The Kier molecular flexibility index (Phi) is 11.6. The molecule has 1 fully saturated rings. The molecule has 2 heterocycles. The molecule has 0 radical (unpaired) electrons. The average Bonchev–Trinajstić information content (AvgIpc) is 3.45. The van der Waals surface area contributed by atoms with Gasteiger partial charge in [-0.1, -0.05) is 30.3 Å². The number of likely N-dealkylation sites (tertiary alicyclic amines) is 1. The number of aromatic nitrogens is 1. The average molecular weight is 655 g/mol. The summed E-state index contributed by atoms with van der Waals surface area (Å²) in [6.45, 7) is 1.55. The van der Waals surface area contributed by atoms with Crippen molar-refractivity contribution in [2.24, 2.45) is 5.73 Å². The van der Waals surface area contributed by atoms with Gasteiger partial charge in [0.1, 0.15) is 35.8 Å². The molecule has 5 amide bonds. The molecule has 1 aromatic heterocycles. The second kappa shape index (κ2) is 15.6. The highest BCUT2D eigenvalue weighted by Crippen LogP contribution is 2.22. The van der Waals surface area contributed by atoms with Crippen LogP contribution in [0.3, 0.4) is 0 Å². The fourth-order valence-corrected chi connectivity index (χ4v) is 5.68. The van der Waals surface area contributed by atoms with Crippen LogP contribution in [-0.2, 0) is 36.8 Å². The number of nitrogens with two attached hydrogens (primary N) is 1. The Hall–Kier alpha value is -4.62. The van der Waals surface area contributed by atoms with E-state index in [4.69, 9.17) is 17.3 Å². The van der Waals surface area contributed by atoms with Gasteiger partial charge in [-0.15, -0.1) is 11.6 Å². The fraction of sp³-hybridized carbons (Fsp3) is 0.406. The number of aliphatic hydroxyl groups is 1. The molecule has 1 saturated heterocycles. The maximum atomic E-state index is 13.9. The third-order valence-corrected chi connectivity index (χ3v) is 8.29. The lowest BCUT2D eigenvalue weighted by molar-refractivity contribution is -0.147. The lowest BCUT2D eigenvalue weighted by Crippen LogP contribution is -2.62. The van der Waals surface area contributed by atoms with Gasteiger partial charge in [0, 0.05) is 36.5 Å². The number of hydrogen-bond acceptors (Lipinski definition) is 7. The Morgan fingerprint density at radius 1 is 1.00 bits per heavy atom. The molecule has 46 heavy (non-hydrogen) atoms. The number of para-hydroxylation sites is 1. The Morgan fingerprint density at radius 2 is 1.72 bits per heavy atom. The van der Waals surface area contributed by atoms with Crippen molar-refractivity contribution in [2.75, 3.05) is 12.4 Å². The minimum atomic E-state index is -1.32. The molecule has 0 unspecified atom stereocenters. The third kappa shape index (κ3) is 8.55. The molecule has 2 aromatic carbocycles. The van der Waals surface area contributed by atoms with Crippen LogP contribution in [0.5, 0.6) is 5.75 Å². The number of aromatic amines is 1. The number of phenols is 1. The van der Waals surface area contributed by atoms with Gasteiger partial charge in [-0.05, 0) is 55.5 Å². The summed E-state index contributed by atoms with van der Waals surface area (Å²) >= 11 is 5.60. The number of nitrogens with zero attached hydrogens (tertiary/aromatic N) is 1. The number of alkyl halides is 1. The van der Waals surface area contributed by atoms with Crippen LogP contribution in [0.2, 0.25) is 0 Å². The smallest absolute Gasteiger partial charge is 0.248 e. The van der Waals surface area contributed by atoms with Crippen molar-refractivity contribution >= 4 is 52.0 Å². The summed E-state index contributed by atoms with van der Waals surface area (Å²) in [6, 6.07) is 8.98. The molecule has 246 valence electrons. The molecule has 14 heteroatoms. The summed E-state index contributed by atoms with van der Waals surface area (Å²) in [5, 5.41) is 28.6. The molecule has 13 nitrogen and oxygen atoms in total. The van der Waals surface area contributed by atoms with E-state index >= 15 is 0 Å². The number of halogens is 1. The summed E-state index contributed by atoms with van der Waals surface area (Å²) in [6.07, 6.45) is 2.10. The van der Waals surface area contributed by atoms with Crippen molar-refractivity contribution in [2.45, 2.75) is 69.3 Å². The second-order valence-corrected chi connectivity index (χ2v) is 11.7. The quantitative estimate of drug-likeness (QED) is 0.131. The van der Waals surface area contributed by atoms with Gasteiger partial charge in [0.25, 0.3) is 0 Å². The van der Waals surface area contributed by atoms with Crippen LogP contribution < -0.4 is 21.7 Å². The lowest BCUT2D eigenvalue weighted by atomic mass is 9.97. The van der Waals surface area contributed by atoms with Crippen molar-refractivity contribution in [1.82, 2.24) is 25.8 Å². The Bertz CT molecular complexity index is 1560. The number of carbonyl (C=O) groups excluding carboxylic acids is 5. The molecule has 5 atom stereocenters. The molecule has 4 rings (SSSR count). The van der Waals surface area contributed by atoms with Gasteiger partial charge < -0.3 is 41.8 Å². The predicted octanol–water partition coefficient (Wildman–Crippen LogP) is 0.599. The van der Waals surface area contributed by atoms with E-state index in [9.17, 15) is 34.2 Å². The summed E-state index contributed by atoms with van der Waals surface area (Å²) in [5.41, 5.74) is 7.85. The number of aromatic hydroxyl groups is 1. The highest BCUT2D eigenvalue weighted by molar-refractivity contribution is 6.27. The number of nitrogens with one attached hydrogen (secondary N) is 4. The number of aliphatic hydroxyl groups excluding tert-OH is 1. The molecular weight excluding hydrogens is 616 g/mol. The van der Waals surface area contributed by atoms with E-state index in [0.717, 1.165) is 16.5 Å². The number of phenolic OH excluding ortho intramolecular Hbond substituents is 1. The normalized spacial score (nSPS) is 17.4. The highest BCUT2D eigenvalue weighted by Gasteiger charge is 2.39. The van der Waals surface area contributed by atoms with Gasteiger partial charge in [0.15, 0.2) is 0 Å². The summed E-state index contributed by atoms with van der Waals surface area (Å²) in [7, 11) is 0. The molecule has 3 aromatic rings. The number of fused-ring (bicyclic) bond motifs is 1. The zero-order chi connectivity index (χ0) is 33.4. The summed E-state index contributed by atoms with van der Waals surface area (Å²) in [4.78, 5) is 70.0. The zero-order valence-electron chi connectivity index (χ0n) is 25.4. The molecule has 0 spiro atoms. The van der Waals surface area contributed by atoms with Gasteiger partial charge >= 0.3 is 0 Å². The van der Waals surface area contributed by atoms with Crippen LogP contribution in [0.1, 0.15) is 37.3 Å². The second-order valence-electron chi connectivity index (χ2n) is 11.4. The zero-order valence-corrected chi connectivity index (χ0v) is 26.1. The van der Waals surface area contributed by atoms with E-state index in [1.807, 2.05) is 24.3 Å². The number of piperidine rings is 1. The minimum absolute atomic E-state index is 0.0429. The number of rotatable bonds is 13. The largest absolute Gasteiger partial charge is 0.508 e. The molecule has 1 aliphatic heterocycles. The van der Waals surface area contributed by atoms with Crippen molar-refractivity contribution in [3.8, 4) is 5.75 Å². The molecule has 0 bridgehead atoms. The van der Waals surface area contributed by atoms with Crippen molar-refractivity contribution < 1.29 is 34.2 Å². The SMILES string of the molecule is C[C@H](O)[C@H](NC(=O)CCl)C(=O)N1CCCC[C@H]1C(=O)N[C@@H](Cc1c[nH]c2ccccc12)C(=O)N[C@@H](Cc1ccc(O)cc1)C(N)=O. The van der Waals surface area contributed by atoms with Crippen LogP contribution >= 0.6 is 11.6 Å². The maximum absolute atomic E-state index is 13.9. The minimum Gasteiger partial charge on any atom is -0.508 e. The van der Waals surface area contributed by atoms with E-state index in [2.05, 4.69) is 20.9 Å². The summed E-state index contributed by atoms with van der Waals surface area (Å²) in [5.74, 6) is -3.71. The van der Waals surface area contributed by atoms with E-state index in [-0.39, 0.29) is 25.1 Å². The monoisotopic (exact) mass is 654 g/mol. The Balaban J connectivity index is 1.59. The van der Waals surface area contributed by atoms with Gasteiger partial charge in [-0.2, -0.15) is 0 Å². The number of H-pyrrole nitrogens is 1. The maximum Gasteiger partial charge on any atom is 0.248 e. The first-order valence-corrected chi connectivity index (χ1v) is 15.6. The van der Waals surface area contributed by atoms with Crippen LogP contribution in [0.25, 0.3) is 10.9 Å². The van der Waals surface area contributed by atoms with Crippen LogP contribution in [0.15, 0.2) is 54.7 Å². The van der Waals surface area contributed by atoms with E-state index in [1.54, 1.807) is 18.3 Å². The van der Waals surface area contributed by atoms with Crippen LogP contribution in [-0.4, -0.2) is 92.3 Å². The van der Waals surface area contributed by atoms with Crippen molar-refractivity contribution in [3.05, 3.63) is 65.9 Å². The first-order valence-electron chi connectivity index (χ1n) is 15.0. The molecule has 0 saturated carbocycles. The highest BCUT2D eigenvalue weighted by atomic mass is 35.5. The first-order chi connectivity index (χ1) is 22.0. The number of benzene rings is 2. The van der Waals surface area contributed by atoms with E-state index in [0.29, 0.717) is 24.8 Å². The number of amides is 5. The van der Waals surface area contributed by atoms with E-state index < -0.39 is 65.7 Å². The van der Waals surface area contributed by atoms with Gasteiger partial charge in [0.2, 0.25) is 29.5 Å². The molecule has 8 N–H and O–H groups in total. The van der Waals surface area contributed by atoms with Crippen LogP contribution in [0.4, 0.5) is 0 Å². The topological polar surface area (TPSA) is 207 Å². The van der Waals surface area contributed by atoms with Gasteiger partial charge in [-0.25, -0.2) is 0 Å².